The van der Waals surface area contributed by atoms with Gasteiger partial charge in [-0.1, -0.05) is 13.0 Å². The molecule has 5 unspecified atom stereocenters. The van der Waals surface area contributed by atoms with Crippen molar-refractivity contribution in [2.45, 2.75) is 69.5 Å². The van der Waals surface area contributed by atoms with Gasteiger partial charge in [-0.05, 0) is 80.0 Å². The molecular formula is C20H28O3. The molecule has 0 aromatic heterocycles. The zero-order chi connectivity index (χ0) is 16.2. The molecule has 3 heteroatoms. The monoisotopic (exact) mass is 316 g/mol. The highest BCUT2D eigenvalue weighted by Gasteiger charge is 2.61. The van der Waals surface area contributed by atoms with Crippen LogP contribution in [-0.2, 0) is 6.42 Å². The fourth-order valence-corrected chi connectivity index (χ4v) is 5.85. The summed E-state index contributed by atoms with van der Waals surface area (Å²) in [7, 11) is 1.71. The molecule has 126 valence electrons. The summed E-state index contributed by atoms with van der Waals surface area (Å²) in [4.78, 5) is 0. The summed E-state index contributed by atoms with van der Waals surface area (Å²) in [6.07, 6.45) is 6.26. The second-order valence-electron chi connectivity index (χ2n) is 8.10. The summed E-state index contributed by atoms with van der Waals surface area (Å²) in [5, 5.41) is 22.3. The highest BCUT2D eigenvalue weighted by atomic mass is 16.5. The summed E-state index contributed by atoms with van der Waals surface area (Å²) in [5.41, 5.74) is 1.73. The lowest BCUT2D eigenvalue weighted by Crippen LogP contribution is -2.64. The van der Waals surface area contributed by atoms with Crippen molar-refractivity contribution in [2.75, 3.05) is 7.11 Å². The smallest absolute Gasteiger partial charge is 0.119 e. The molecule has 0 heterocycles. The maximum absolute atomic E-state index is 11.7. The van der Waals surface area contributed by atoms with E-state index in [1.54, 1.807) is 7.11 Å². The highest BCUT2D eigenvalue weighted by Crippen LogP contribution is 2.61. The normalized spacial score (nSPS) is 42.3. The van der Waals surface area contributed by atoms with Crippen LogP contribution < -0.4 is 4.74 Å². The van der Waals surface area contributed by atoms with Crippen LogP contribution in [0.3, 0.4) is 0 Å². The largest absolute Gasteiger partial charge is 0.497 e. The van der Waals surface area contributed by atoms with Gasteiger partial charge < -0.3 is 14.9 Å². The van der Waals surface area contributed by atoms with Crippen LogP contribution in [0.1, 0.15) is 62.5 Å². The molecule has 2 saturated carbocycles. The van der Waals surface area contributed by atoms with Crippen LogP contribution in [0.5, 0.6) is 5.75 Å². The number of hydrogen-bond donors (Lipinski definition) is 2. The maximum atomic E-state index is 11.7. The van der Waals surface area contributed by atoms with Crippen LogP contribution in [0, 0.1) is 11.3 Å². The molecule has 3 aliphatic carbocycles. The van der Waals surface area contributed by atoms with Gasteiger partial charge in [0.15, 0.2) is 0 Å². The van der Waals surface area contributed by atoms with E-state index >= 15 is 0 Å². The first-order valence-corrected chi connectivity index (χ1v) is 9.07. The van der Waals surface area contributed by atoms with Gasteiger partial charge in [0.25, 0.3) is 0 Å². The van der Waals surface area contributed by atoms with Gasteiger partial charge in [0.2, 0.25) is 0 Å². The summed E-state index contributed by atoms with van der Waals surface area (Å²) in [6.45, 7) is 2.12. The first kappa shape index (κ1) is 15.5. The van der Waals surface area contributed by atoms with E-state index in [4.69, 9.17) is 4.74 Å². The first-order valence-electron chi connectivity index (χ1n) is 9.07. The molecule has 5 atom stereocenters. The van der Waals surface area contributed by atoms with Crippen molar-refractivity contribution in [2.24, 2.45) is 11.3 Å². The van der Waals surface area contributed by atoms with Crippen LogP contribution in [0.4, 0.5) is 0 Å². The average molecular weight is 316 g/mol. The average Bonchev–Trinajstić information content (AvgIpc) is 2.56. The van der Waals surface area contributed by atoms with Crippen molar-refractivity contribution in [3.8, 4) is 5.75 Å². The third-order valence-electron chi connectivity index (χ3n) is 7.31. The van der Waals surface area contributed by atoms with Gasteiger partial charge in [0.1, 0.15) is 5.75 Å². The molecule has 0 aliphatic heterocycles. The van der Waals surface area contributed by atoms with E-state index in [0.717, 1.165) is 50.7 Å². The summed E-state index contributed by atoms with van der Waals surface area (Å²) in [5.74, 6) is 1.62. The Kier molecular flexibility index (Phi) is 3.51. The maximum Gasteiger partial charge on any atom is 0.119 e. The molecule has 3 aliphatic rings. The van der Waals surface area contributed by atoms with Gasteiger partial charge in [-0.15, -0.1) is 0 Å². The van der Waals surface area contributed by atoms with Crippen LogP contribution in [0.2, 0.25) is 0 Å². The molecule has 2 fully saturated rings. The zero-order valence-electron chi connectivity index (χ0n) is 14.2. The van der Waals surface area contributed by atoms with Crippen molar-refractivity contribution < 1.29 is 14.9 Å². The Hall–Kier alpha value is -1.06. The second kappa shape index (κ2) is 5.22. The Bertz CT molecular complexity index is 613. The highest BCUT2D eigenvalue weighted by molar-refractivity contribution is 5.41. The van der Waals surface area contributed by atoms with Crippen molar-refractivity contribution in [1.82, 2.24) is 0 Å². The fraction of sp³-hybridized carbons (Fsp3) is 0.700. The van der Waals surface area contributed by atoms with Gasteiger partial charge in [-0.25, -0.2) is 0 Å². The fourth-order valence-electron chi connectivity index (χ4n) is 5.85. The number of aryl methyl sites for hydroxylation is 1. The quantitative estimate of drug-likeness (QED) is 0.834. The topological polar surface area (TPSA) is 49.7 Å². The molecule has 0 amide bonds. The zero-order valence-corrected chi connectivity index (χ0v) is 14.2. The Morgan fingerprint density at radius 3 is 2.78 bits per heavy atom. The van der Waals surface area contributed by atoms with Crippen LogP contribution in [0.15, 0.2) is 18.2 Å². The molecule has 1 aromatic rings. The Morgan fingerprint density at radius 1 is 1.17 bits per heavy atom. The molecule has 0 spiro atoms. The van der Waals surface area contributed by atoms with E-state index in [9.17, 15) is 10.2 Å². The predicted octanol–water partition coefficient (Wildman–Crippen LogP) is 3.42. The SMILES string of the molecule is COc1ccc2c(c1)CCC1C2CCC2(C)C(O)CCCC12O. The minimum absolute atomic E-state index is 0.275. The minimum Gasteiger partial charge on any atom is -0.497 e. The number of aliphatic hydroxyl groups excluding tert-OH is 1. The van der Waals surface area contributed by atoms with Gasteiger partial charge in [0, 0.05) is 5.41 Å². The third kappa shape index (κ3) is 2.02. The van der Waals surface area contributed by atoms with E-state index in [-0.39, 0.29) is 17.4 Å². The number of rotatable bonds is 1. The Morgan fingerprint density at radius 2 is 2.00 bits per heavy atom. The first-order chi connectivity index (χ1) is 11.0. The molecule has 1 aromatic carbocycles. The number of aliphatic hydroxyl groups is 2. The molecule has 4 rings (SSSR count). The van der Waals surface area contributed by atoms with E-state index in [1.165, 1.54) is 11.1 Å². The van der Waals surface area contributed by atoms with Gasteiger partial charge >= 0.3 is 0 Å². The van der Waals surface area contributed by atoms with Crippen molar-refractivity contribution >= 4 is 0 Å². The number of benzene rings is 1. The van der Waals surface area contributed by atoms with E-state index in [2.05, 4.69) is 25.1 Å². The van der Waals surface area contributed by atoms with E-state index in [0.29, 0.717) is 5.92 Å². The number of ether oxygens (including phenoxy) is 1. The van der Waals surface area contributed by atoms with Crippen LogP contribution >= 0.6 is 0 Å². The summed E-state index contributed by atoms with van der Waals surface area (Å²) in [6, 6.07) is 6.42. The lowest BCUT2D eigenvalue weighted by Gasteiger charge is -2.61. The molecule has 2 N–H and O–H groups in total. The summed E-state index contributed by atoms with van der Waals surface area (Å²) >= 11 is 0. The van der Waals surface area contributed by atoms with E-state index in [1.807, 2.05) is 0 Å². The van der Waals surface area contributed by atoms with Gasteiger partial charge in [-0.3, -0.25) is 0 Å². The number of methoxy groups -OCH3 is 1. The van der Waals surface area contributed by atoms with Gasteiger partial charge in [-0.2, -0.15) is 0 Å². The predicted molar refractivity (Wildman–Crippen MR) is 89.7 cm³/mol. The van der Waals surface area contributed by atoms with Crippen molar-refractivity contribution in [3.05, 3.63) is 29.3 Å². The molecule has 0 bridgehead atoms. The van der Waals surface area contributed by atoms with Crippen LogP contribution in [0.25, 0.3) is 0 Å². The van der Waals surface area contributed by atoms with E-state index < -0.39 is 5.60 Å². The summed E-state index contributed by atoms with van der Waals surface area (Å²) < 4.78 is 5.37. The molecule has 0 radical (unpaired) electrons. The third-order valence-corrected chi connectivity index (χ3v) is 7.31. The van der Waals surface area contributed by atoms with Crippen molar-refractivity contribution in [3.63, 3.8) is 0 Å². The molecule has 23 heavy (non-hydrogen) atoms. The molecule has 0 saturated heterocycles. The minimum atomic E-state index is -0.717. The van der Waals surface area contributed by atoms with Gasteiger partial charge in [0.05, 0.1) is 18.8 Å². The Labute approximate surface area is 138 Å². The standard InChI is InChI=1S/C20H28O3/c1-19-11-9-16-15-7-6-14(23-2)12-13(15)5-8-17(16)20(19,22)10-3-4-18(19)21/h6-7,12,16-18,21-22H,3-5,8-11H2,1-2H3. The Balaban J connectivity index is 1.73. The molecule has 3 nitrogen and oxygen atoms in total. The number of hydrogen-bond acceptors (Lipinski definition) is 3. The lowest BCUT2D eigenvalue weighted by atomic mass is 9.47. The lowest BCUT2D eigenvalue weighted by molar-refractivity contribution is -0.220. The molecular weight excluding hydrogens is 288 g/mol. The number of fused-ring (bicyclic) bond motifs is 5. The second-order valence-corrected chi connectivity index (χ2v) is 8.10. The van der Waals surface area contributed by atoms with Crippen LogP contribution in [-0.4, -0.2) is 29.0 Å². The van der Waals surface area contributed by atoms with Crippen molar-refractivity contribution in [1.29, 1.82) is 0 Å².